The molecule has 5 heteroatoms. The minimum absolute atomic E-state index is 0.0840. The van der Waals surface area contributed by atoms with Gasteiger partial charge in [0.15, 0.2) is 0 Å². The first-order valence-corrected chi connectivity index (χ1v) is 10.6. The Labute approximate surface area is 166 Å². The van der Waals surface area contributed by atoms with Crippen molar-refractivity contribution in [2.75, 3.05) is 18.0 Å². The molecule has 27 heavy (non-hydrogen) atoms. The summed E-state index contributed by atoms with van der Waals surface area (Å²) in [6, 6.07) is 7.28. The van der Waals surface area contributed by atoms with Gasteiger partial charge in [-0.3, -0.25) is 9.59 Å². The van der Waals surface area contributed by atoms with Crippen LogP contribution >= 0.6 is 11.6 Å². The van der Waals surface area contributed by atoms with Gasteiger partial charge < -0.3 is 9.80 Å². The number of hydrogen-bond donors (Lipinski definition) is 0. The molecule has 0 spiro atoms. The van der Waals surface area contributed by atoms with Gasteiger partial charge in [-0.15, -0.1) is 0 Å². The highest BCUT2D eigenvalue weighted by Crippen LogP contribution is 2.40. The summed E-state index contributed by atoms with van der Waals surface area (Å²) in [6.07, 6.45) is 8.92. The van der Waals surface area contributed by atoms with E-state index in [0.29, 0.717) is 11.4 Å². The quantitative estimate of drug-likeness (QED) is 0.754. The summed E-state index contributed by atoms with van der Waals surface area (Å²) in [4.78, 5) is 30.1. The summed E-state index contributed by atoms with van der Waals surface area (Å²) in [5.74, 6) is 0.272. The van der Waals surface area contributed by atoms with E-state index in [-0.39, 0.29) is 17.9 Å². The number of anilines is 1. The van der Waals surface area contributed by atoms with Gasteiger partial charge in [-0.1, -0.05) is 24.4 Å². The van der Waals surface area contributed by atoms with E-state index < -0.39 is 0 Å². The molecule has 0 aromatic heterocycles. The van der Waals surface area contributed by atoms with Crippen LogP contribution in [0.1, 0.15) is 57.8 Å². The molecule has 4 rings (SSSR count). The topological polar surface area (TPSA) is 40.6 Å². The number of hydrogen-bond acceptors (Lipinski definition) is 2. The maximum atomic E-state index is 13.2. The molecule has 1 saturated heterocycles. The lowest BCUT2D eigenvalue weighted by Crippen LogP contribution is -2.41. The van der Waals surface area contributed by atoms with Crippen LogP contribution in [0.3, 0.4) is 0 Å². The Morgan fingerprint density at radius 2 is 1.63 bits per heavy atom. The molecule has 1 aromatic carbocycles. The van der Waals surface area contributed by atoms with E-state index in [4.69, 9.17) is 11.6 Å². The second-order valence-electron chi connectivity index (χ2n) is 7.88. The van der Waals surface area contributed by atoms with Crippen LogP contribution in [0, 0.1) is 0 Å². The minimum atomic E-state index is -0.135. The van der Waals surface area contributed by atoms with Crippen LogP contribution in [-0.4, -0.2) is 35.8 Å². The Kier molecular flexibility index (Phi) is 5.53. The number of rotatable bonds is 3. The average Bonchev–Trinajstić information content (AvgIpc) is 2.86. The third kappa shape index (κ3) is 3.77. The first kappa shape index (κ1) is 18.5. The van der Waals surface area contributed by atoms with Crippen LogP contribution < -0.4 is 4.90 Å². The van der Waals surface area contributed by atoms with Gasteiger partial charge in [-0.2, -0.15) is 0 Å². The van der Waals surface area contributed by atoms with Crippen molar-refractivity contribution in [1.29, 1.82) is 0 Å². The number of nitrogens with zero attached hydrogens (tertiary/aromatic N) is 2. The van der Waals surface area contributed by atoms with Gasteiger partial charge in [-0.05, 0) is 68.4 Å². The lowest BCUT2D eigenvalue weighted by molar-refractivity contribution is -0.131. The van der Waals surface area contributed by atoms with Gasteiger partial charge in [0.05, 0.1) is 12.5 Å². The normalized spacial score (nSPS) is 23.4. The molecule has 0 saturated carbocycles. The molecule has 1 aromatic rings. The zero-order valence-corrected chi connectivity index (χ0v) is 16.5. The van der Waals surface area contributed by atoms with Crippen molar-refractivity contribution in [3.63, 3.8) is 0 Å². The molecule has 1 fully saturated rings. The van der Waals surface area contributed by atoms with Crippen molar-refractivity contribution in [3.05, 3.63) is 40.4 Å². The largest absolute Gasteiger partial charge is 0.343 e. The monoisotopic (exact) mass is 386 g/mol. The number of carbonyl (C=O) groups excluding carboxylic acids is 2. The Bertz CT molecular complexity index is 748. The van der Waals surface area contributed by atoms with Crippen molar-refractivity contribution in [2.45, 2.75) is 63.8 Å². The molecule has 0 N–H and O–H groups in total. The lowest BCUT2D eigenvalue weighted by atomic mass is 9.89. The minimum Gasteiger partial charge on any atom is -0.343 e. The second-order valence-corrected chi connectivity index (χ2v) is 8.31. The first-order valence-electron chi connectivity index (χ1n) is 10.2. The van der Waals surface area contributed by atoms with E-state index in [1.807, 2.05) is 34.1 Å². The average molecular weight is 387 g/mol. The number of carbonyl (C=O) groups is 2. The molecule has 1 atom stereocenters. The van der Waals surface area contributed by atoms with Crippen molar-refractivity contribution in [3.8, 4) is 0 Å². The molecule has 2 amide bonds. The first-order chi connectivity index (χ1) is 13.1. The summed E-state index contributed by atoms with van der Waals surface area (Å²) < 4.78 is 0. The fourth-order valence-corrected chi connectivity index (χ4v) is 4.84. The molecular formula is C22H27ClN2O2. The van der Waals surface area contributed by atoms with Crippen LogP contribution in [0.5, 0.6) is 0 Å². The molecular weight excluding hydrogens is 360 g/mol. The lowest BCUT2D eigenvalue weighted by Gasteiger charge is -2.29. The molecule has 0 radical (unpaired) electrons. The standard InChI is InChI=1S/C22H27ClN2O2/c23-16-9-11-17(12-10-16)25-20(18-7-3-4-8-19(18)22(25)27)15-21(26)24-13-5-1-2-6-14-24/h9-12,20H,1-8,13-15H2. The van der Waals surface area contributed by atoms with Gasteiger partial charge in [0.1, 0.15) is 0 Å². The zero-order valence-electron chi connectivity index (χ0n) is 15.8. The van der Waals surface area contributed by atoms with Crippen molar-refractivity contribution in [1.82, 2.24) is 4.90 Å². The summed E-state index contributed by atoms with van der Waals surface area (Å²) >= 11 is 6.04. The SMILES string of the molecule is O=C(CC1C2=C(CCCC2)C(=O)N1c1ccc(Cl)cc1)N1CCCCCC1. The smallest absolute Gasteiger partial charge is 0.254 e. The Morgan fingerprint density at radius 3 is 2.33 bits per heavy atom. The molecule has 2 heterocycles. The number of benzene rings is 1. The van der Waals surface area contributed by atoms with E-state index in [1.165, 1.54) is 18.4 Å². The van der Waals surface area contributed by atoms with Gasteiger partial charge in [0.2, 0.25) is 5.91 Å². The summed E-state index contributed by atoms with van der Waals surface area (Å²) in [5, 5.41) is 0.653. The van der Waals surface area contributed by atoms with E-state index in [0.717, 1.165) is 62.9 Å². The molecule has 0 bridgehead atoms. The Morgan fingerprint density at radius 1 is 0.963 bits per heavy atom. The number of amides is 2. The van der Waals surface area contributed by atoms with Crippen LogP contribution in [0.25, 0.3) is 0 Å². The second kappa shape index (κ2) is 8.05. The van der Waals surface area contributed by atoms with Crippen molar-refractivity contribution in [2.24, 2.45) is 0 Å². The van der Waals surface area contributed by atoms with Crippen LogP contribution in [0.4, 0.5) is 5.69 Å². The van der Waals surface area contributed by atoms with Crippen LogP contribution in [0.15, 0.2) is 35.4 Å². The summed E-state index contributed by atoms with van der Waals surface area (Å²) in [7, 11) is 0. The fraction of sp³-hybridized carbons (Fsp3) is 0.545. The maximum Gasteiger partial charge on any atom is 0.254 e. The van der Waals surface area contributed by atoms with Crippen LogP contribution in [-0.2, 0) is 9.59 Å². The summed E-state index contributed by atoms with van der Waals surface area (Å²) in [6.45, 7) is 1.71. The van der Waals surface area contributed by atoms with Crippen LogP contribution in [0.2, 0.25) is 5.02 Å². The highest BCUT2D eigenvalue weighted by molar-refractivity contribution is 6.30. The Balaban J connectivity index is 1.61. The van der Waals surface area contributed by atoms with Gasteiger partial charge in [0.25, 0.3) is 5.91 Å². The van der Waals surface area contributed by atoms with Crippen molar-refractivity contribution < 1.29 is 9.59 Å². The molecule has 1 unspecified atom stereocenters. The Hall–Kier alpha value is -1.81. The van der Waals surface area contributed by atoms with E-state index in [9.17, 15) is 9.59 Å². The molecule has 144 valence electrons. The number of halogens is 1. The van der Waals surface area contributed by atoms with E-state index >= 15 is 0 Å². The predicted octanol–water partition coefficient (Wildman–Crippen LogP) is 4.72. The maximum absolute atomic E-state index is 13.2. The molecule has 1 aliphatic carbocycles. The van der Waals surface area contributed by atoms with E-state index in [1.54, 1.807) is 0 Å². The highest BCUT2D eigenvalue weighted by atomic mass is 35.5. The van der Waals surface area contributed by atoms with E-state index in [2.05, 4.69) is 0 Å². The molecule has 3 aliphatic rings. The molecule has 4 nitrogen and oxygen atoms in total. The van der Waals surface area contributed by atoms with Gasteiger partial charge in [-0.25, -0.2) is 0 Å². The predicted molar refractivity (Wildman–Crippen MR) is 108 cm³/mol. The highest BCUT2D eigenvalue weighted by Gasteiger charge is 2.41. The zero-order chi connectivity index (χ0) is 18.8. The van der Waals surface area contributed by atoms with Crippen molar-refractivity contribution >= 4 is 29.1 Å². The summed E-state index contributed by atoms with van der Waals surface area (Å²) in [5.41, 5.74) is 2.99. The third-order valence-electron chi connectivity index (χ3n) is 6.13. The fourth-order valence-electron chi connectivity index (χ4n) is 4.71. The van der Waals surface area contributed by atoms with Gasteiger partial charge in [0, 0.05) is 29.4 Å². The van der Waals surface area contributed by atoms with Gasteiger partial charge >= 0.3 is 0 Å². The number of likely N-dealkylation sites (tertiary alicyclic amines) is 1. The third-order valence-corrected chi connectivity index (χ3v) is 6.38. The molecule has 2 aliphatic heterocycles.